The van der Waals surface area contributed by atoms with E-state index in [4.69, 9.17) is 0 Å². The third-order valence-corrected chi connectivity index (χ3v) is 5.06. The van der Waals surface area contributed by atoms with E-state index in [0.29, 0.717) is 10.9 Å². The predicted octanol–water partition coefficient (Wildman–Crippen LogP) is 4.58. The van der Waals surface area contributed by atoms with Crippen LogP contribution < -0.4 is 5.32 Å². The first kappa shape index (κ1) is 17.4. The van der Waals surface area contributed by atoms with Gasteiger partial charge in [0.2, 0.25) is 11.0 Å². The molecule has 0 saturated carbocycles. The van der Waals surface area contributed by atoms with E-state index < -0.39 is 0 Å². The largest absolute Gasteiger partial charge is 0.300 e. The van der Waals surface area contributed by atoms with Crippen LogP contribution in [0.2, 0.25) is 0 Å². The molecule has 0 aliphatic carbocycles. The number of anilines is 1. The van der Waals surface area contributed by atoms with Crippen molar-refractivity contribution < 1.29 is 4.79 Å². The van der Waals surface area contributed by atoms with Crippen LogP contribution in [0.4, 0.5) is 5.13 Å². The predicted molar refractivity (Wildman–Crippen MR) is 107 cm³/mol. The lowest BCUT2D eigenvalue weighted by Gasteiger charge is -2.01. The number of rotatable bonds is 7. The maximum Gasteiger partial charge on any atom is 0.236 e. The van der Waals surface area contributed by atoms with Gasteiger partial charge in [0.25, 0.3) is 0 Å². The lowest BCUT2D eigenvalue weighted by Crippen LogP contribution is -2.13. The van der Waals surface area contributed by atoms with Crippen LogP contribution in [0.15, 0.2) is 60.7 Å². The summed E-state index contributed by atoms with van der Waals surface area (Å²) in [6, 6.07) is 20.1. The topological polar surface area (TPSA) is 54.9 Å². The van der Waals surface area contributed by atoms with Crippen molar-refractivity contribution in [3.8, 4) is 0 Å². The highest BCUT2D eigenvalue weighted by molar-refractivity contribution is 7.99. The highest BCUT2D eigenvalue weighted by Crippen LogP contribution is 2.18. The molecule has 4 nitrogen and oxygen atoms in total. The molecule has 0 saturated heterocycles. The molecule has 0 atom stereocenters. The maximum atomic E-state index is 12.0. The highest BCUT2D eigenvalue weighted by Gasteiger charge is 2.07. The van der Waals surface area contributed by atoms with Crippen LogP contribution in [0.5, 0.6) is 0 Å². The molecule has 0 bridgehead atoms. The Bertz CT molecular complexity index is 832. The number of hydrogen-bond acceptors (Lipinski definition) is 5. The van der Waals surface area contributed by atoms with Gasteiger partial charge in [-0.05, 0) is 17.2 Å². The second-order valence-corrected chi connectivity index (χ2v) is 7.21. The van der Waals surface area contributed by atoms with Crippen molar-refractivity contribution in [2.75, 3.05) is 11.1 Å². The van der Waals surface area contributed by atoms with Crippen LogP contribution >= 0.6 is 23.1 Å². The molecule has 1 aromatic heterocycles. The molecule has 0 radical (unpaired) electrons. The molecule has 0 aliphatic rings. The fourth-order valence-electron chi connectivity index (χ4n) is 2.08. The molecular weight excluding hydrogens is 350 g/mol. The average Bonchev–Trinajstić information content (AvgIpc) is 3.09. The molecule has 0 aliphatic heterocycles. The van der Waals surface area contributed by atoms with E-state index in [2.05, 4.69) is 27.6 Å². The van der Waals surface area contributed by atoms with Gasteiger partial charge >= 0.3 is 0 Å². The first-order valence-corrected chi connectivity index (χ1v) is 9.75. The van der Waals surface area contributed by atoms with Crippen molar-refractivity contribution in [2.24, 2.45) is 0 Å². The van der Waals surface area contributed by atoms with Crippen molar-refractivity contribution >= 4 is 46.3 Å². The summed E-state index contributed by atoms with van der Waals surface area (Å²) in [4.78, 5) is 12.0. The summed E-state index contributed by atoms with van der Waals surface area (Å²) >= 11 is 2.94. The third-order valence-electron chi connectivity index (χ3n) is 3.25. The summed E-state index contributed by atoms with van der Waals surface area (Å²) in [5, 5.41) is 12.2. The quantitative estimate of drug-likeness (QED) is 0.664. The summed E-state index contributed by atoms with van der Waals surface area (Å²) in [6.07, 6.45) is 3.87. The van der Waals surface area contributed by atoms with E-state index in [-0.39, 0.29) is 5.91 Å². The summed E-state index contributed by atoms with van der Waals surface area (Å²) in [7, 11) is 0. The SMILES string of the molecule is O=C(CSCc1ccccc1)Nc1nnc(C=Cc2ccccc2)s1. The summed E-state index contributed by atoms with van der Waals surface area (Å²) in [6.45, 7) is 0. The Morgan fingerprint density at radius 2 is 1.72 bits per heavy atom. The highest BCUT2D eigenvalue weighted by atomic mass is 32.2. The second-order valence-electron chi connectivity index (χ2n) is 5.22. The number of thioether (sulfide) groups is 1. The van der Waals surface area contributed by atoms with Gasteiger partial charge in [-0.2, -0.15) is 0 Å². The van der Waals surface area contributed by atoms with Crippen LogP contribution in [-0.2, 0) is 10.5 Å². The second kappa shape index (κ2) is 9.15. The molecule has 0 unspecified atom stereocenters. The Kier molecular flexibility index (Phi) is 6.36. The lowest BCUT2D eigenvalue weighted by atomic mass is 10.2. The number of nitrogens with one attached hydrogen (secondary N) is 1. The number of carbonyl (C=O) groups is 1. The van der Waals surface area contributed by atoms with Crippen molar-refractivity contribution in [2.45, 2.75) is 5.75 Å². The minimum absolute atomic E-state index is 0.0596. The smallest absolute Gasteiger partial charge is 0.236 e. The monoisotopic (exact) mass is 367 g/mol. The van der Waals surface area contributed by atoms with Crippen molar-refractivity contribution in [3.63, 3.8) is 0 Å². The molecule has 2 aromatic carbocycles. The summed E-state index contributed by atoms with van der Waals surface area (Å²) < 4.78 is 0. The van der Waals surface area contributed by atoms with Gasteiger partial charge in [0, 0.05) is 5.75 Å². The van der Waals surface area contributed by atoms with Gasteiger partial charge in [0.1, 0.15) is 5.01 Å². The lowest BCUT2D eigenvalue weighted by molar-refractivity contribution is -0.113. The van der Waals surface area contributed by atoms with Crippen molar-refractivity contribution in [1.29, 1.82) is 0 Å². The Hall–Kier alpha value is -2.44. The summed E-state index contributed by atoms with van der Waals surface area (Å²) in [5.41, 5.74) is 2.31. The van der Waals surface area contributed by atoms with Crippen LogP contribution in [0.1, 0.15) is 16.1 Å². The van der Waals surface area contributed by atoms with E-state index in [1.807, 2.05) is 60.7 Å². The standard InChI is InChI=1S/C19H17N3OS2/c23-17(14-24-13-16-9-5-2-6-10-16)20-19-22-21-18(25-19)12-11-15-7-3-1-4-8-15/h1-12H,13-14H2,(H,20,22,23). The molecule has 0 spiro atoms. The fourth-order valence-corrected chi connectivity index (χ4v) is 3.53. The van der Waals surface area contributed by atoms with E-state index in [0.717, 1.165) is 16.3 Å². The number of nitrogens with zero attached hydrogens (tertiary/aromatic N) is 2. The number of amides is 1. The fraction of sp³-hybridized carbons (Fsp3) is 0.105. The zero-order valence-corrected chi connectivity index (χ0v) is 15.1. The Labute approximate surface area is 155 Å². The van der Waals surface area contributed by atoms with Gasteiger partial charge in [0.05, 0.1) is 5.75 Å². The van der Waals surface area contributed by atoms with E-state index in [1.165, 1.54) is 16.9 Å². The maximum absolute atomic E-state index is 12.0. The number of aromatic nitrogens is 2. The normalized spacial score (nSPS) is 10.9. The van der Waals surface area contributed by atoms with Crippen molar-refractivity contribution in [1.82, 2.24) is 10.2 Å². The third kappa shape index (κ3) is 5.85. The van der Waals surface area contributed by atoms with Crippen LogP contribution in [0, 0.1) is 0 Å². The van der Waals surface area contributed by atoms with E-state index in [1.54, 1.807) is 11.8 Å². The zero-order chi connectivity index (χ0) is 17.3. The van der Waals surface area contributed by atoms with Crippen LogP contribution in [0.3, 0.4) is 0 Å². The molecule has 0 fully saturated rings. The van der Waals surface area contributed by atoms with Crippen LogP contribution in [-0.4, -0.2) is 21.9 Å². The minimum Gasteiger partial charge on any atom is -0.300 e. The molecule has 3 rings (SSSR count). The molecule has 6 heteroatoms. The first-order chi connectivity index (χ1) is 12.3. The van der Waals surface area contributed by atoms with Crippen LogP contribution in [0.25, 0.3) is 12.2 Å². The van der Waals surface area contributed by atoms with Gasteiger partial charge in [-0.15, -0.1) is 22.0 Å². The molecular formula is C19H17N3OS2. The first-order valence-electron chi connectivity index (χ1n) is 7.78. The average molecular weight is 367 g/mol. The number of benzene rings is 2. The summed E-state index contributed by atoms with van der Waals surface area (Å²) in [5.74, 6) is 1.15. The minimum atomic E-state index is -0.0596. The van der Waals surface area contributed by atoms with Gasteiger partial charge in [-0.1, -0.05) is 78.1 Å². The van der Waals surface area contributed by atoms with E-state index >= 15 is 0 Å². The molecule has 126 valence electrons. The molecule has 1 amide bonds. The Morgan fingerprint density at radius 3 is 2.48 bits per heavy atom. The van der Waals surface area contributed by atoms with E-state index in [9.17, 15) is 4.79 Å². The molecule has 25 heavy (non-hydrogen) atoms. The Morgan fingerprint density at radius 1 is 1.00 bits per heavy atom. The number of hydrogen-bond donors (Lipinski definition) is 1. The van der Waals surface area contributed by atoms with Gasteiger partial charge in [0.15, 0.2) is 0 Å². The van der Waals surface area contributed by atoms with Gasteiger partial charge in [-0.3, -0.25) is 10.1 Å². The zero-order valence-electron chi connectivity index (χ0n) is 13.5. The van der Waals surface area contributed by atoms with Gasteiger partial charge < -0.3 is 0 Å². The Balaban J connectivity index is 1.46. The number of carbonyl (C=O) groups excluding carboxylic acids is 1. The molecule has 1 N–H and O–H groups in total. The van der Waals surface area contributed by atoms with Crippen molar-refractivity contribution in [3.05, 3.63) is 76.8 Å². The molecule has 1 heterocycles. The molecule has 3 aromatic rings. The van der Waals surface area contributed by atoms with Gasteiger partial charge in [-0.25, -0.2) is 0 Å².